The Hall–Kier alpha value is -5.64. The van der Waals surface area contributed by atoms with Crippen LogP contribution >= 0.6 is 0 Å². The zero-order valence-corrected chi connectivity index (χ0v) is 50.2. The molecule has 0 unspecified atom stereocenters. The highest BCUT2D eigenvalue weighted by Gasteiger charge is 2.19. The molecule has 5 rings (SSSR count). The topological polar surface area (TPSA) is 99.6 Å². The van der Waals surface area contributed by atoms with Gasteiger partial charge in [0.25, 0.3) is 5.91 Å². The molecule has 1 amide bonds. The molecule has 0 radical (unpaired) electrons. The molecule has 0 aliphatic carbocycles. The van der Waals surface area contributed by atoms with Crippen LogP contribution in [0.3, 0.4) is 0 Å². The van der Waals surface area contributed by atoms with Crippen molar-refractivity contribution in [2.45, 2.75) is 241 Å². The molecule has 438 valence electrons. The Bertz CT molecular complexity index is 2540. The number of rotatable bonds is 43. The minimum absolute atomic E-state index is 0.0486. The van der Waals surface area contributed by atoms with Gasteiger partial charge in [-0.25, -0.2) is 8.78 Å². The van der Waals surface area contributed by atoms with E-state index in [1.165, 1.54) is 173 Å². The normalized spacial score (nSPS) is 11.3. The number of carbonyl (C=O) groups is 2. The van der Waals surface area contributed by atoms with E-state index in [-0.39, 0.29) is 46.2 Å². The summed E-state index contributed by atoms with van der Waals surface area (Å²) in [5.74, 6) is 0.133. The number of ketones is 1. The van der Waals surface area contributed by atoms with Gasteiger partial charge in [0.15, 0.2) is 17.3 Å². The number of pyridine rings is 2. The number of halogens is 2. The maximum atomic E-state index is 15.5. The number of nitrogens with zero attached hydrogens (tertiary/aromatic N) is 2. The van der Waals surface area contributed by atoms with Gasteiger partial charge in [-0.1, -0.05) is 200 Å². The van der Waals surface area contributed by atoms with E-state index in [9.17, 15) is 9.59 Å². The highest BCUT2D eigenvalue weighted by Crippen LogP contribution is 2.35. The van der Waals surface area contributed by atoms with Crippen LogP contribution in [0.5, 0.6) is 17.2 Å². The molecule has 3 aromatic carbocycles. The molecule has 10 heteroatoms. The summed E-state index contributed by atoms with van der Waals surface area (Å²) in [4.78, 5) is 36.1. The van der Waals surface area contributed by atoms with E-state index in [4.69, 9.17) is 14.2 Å². The third-order valence-electron chi connectivity index (χ3n) is 15.3. The number of Topliss-reactive ketones (excluding diaryl/α,β-unsaturated/α-hetero) is 1. The highest BCUT2D eigenvalue weighted by atomic mass is 19.1. The summed E-state index contributed by atoms with van der Waals surface area (Å²) in [7, 11) is 0. The minimum atomic E-state index is -0.804. The molecule has 0 fully saturated rings. The quantitative estimate of drug-likeness (QED) is 0.0307. The van der Waals surface area contributed by atoms with E-state index in [0.29, 0.717) is 36.8 Å². The Labute approximate surface area is 481 Å². The average Bonchev–Trinajstić information content (AvgIpc) is 3.44. The van der Waals surface area contributed by atoms with Crippen molar-refractivity contribution in [2.24, 2.45) is 0 Å². The van der Waals surface area contributed by atoms with Crippen molar-refractivity contribution in [1.29, 1.82) is 0 Å². The van der Waals surface area contributed by atoms with Crippen molar-refractivity contribution >= 4 is 17.4 Å². The van der Waals surface area contributed by atoms with E-state index in [2.05, 4.69) is 36.1 Å². The van der Waals surface area contributed by atoms with Gasteiger partial charge >= 0.3 is 0 Å². The highest BCUT2D eigenvalue weighted by molar-refractivity contribution is 6.04. The number of benzene rings is 3. The summed E-state index contributed by atoms with van der Waals surface area (Å²) in [5.41, 5.74) is 5.45. The molecule has 0 bridgehead atoms. The first kappa shape index (κ1) is 65.2. The van der Waals surface area contributed by atoms with Crippen molar-refractivity contribution in [3.63, 3.8) is 0 Å². The van der Waals surface area contributed by atoms with Crippen molar-refractivity contribution in [1.82, 2.24) is 9.97 Å². The number of aromatic nitrogens is 2. The maximum Gasteiger partial charge on any atom is 0.257 e. The first-order valence-corrected chi connectivity index (χ1v) is 31.4. The van der Waals surface area contributed by atoms with Crippen molar-refractivity contribution in [3.8, 4) is 39.8 Å². The minimum Gasteiger partial charge on any atom is -0.493 e. The van der Waals surface area contributed by atoms with Gasteiger partial charge in [-0.3, -0.25) is 19.6 Å². The van der Waals surface area contributed by atoms with Crippen molar-refractivity contribution in [2.75, 3.05) is 25.1 Å². The molecule has 2 heterocycles. The largest absolute Gasteiger partial charge is 0.493 e. The third-order valence-corrected chi connectivity index (χ3v) is 15.3. The monoisotopic (exact) mass is 1100 g/mol. The number of carbonyl (C=O) groups excluding carboxylic acids is 2. The summed E-state index contributed by atoms with van der Waals surface area (Å²) in [6, 6.07) is 16.2. The summed E-state index contributed by atoms with van der Waals surface area (Å²) in [5, 5.41) is 2.96. The number of unbranched alkanes of at least 4 members (excludes halogenated alkanes) is 27. The van der Waals surface area contributed by atoms with Crippen LogP contribution in [0.2, 0.25) is 0 Å². The SMILES string of the molecule is CCCCCCCCCCCCOc1cc(CC(=O)c2ccc(-c3cc(-c4ccc(C(=O)Nc5cc(C)c(OCCCCCCCCCCCC)c(C)c5)cn4)c(F)cc3F)nc2)cc(C)c1OCCCCCCCCCCCC. The predicted octanol–water partition coefficient (Wildman–Crippen LogP) is 20.6. The van der Waals surface area contributed by atoms with E-state index in [1.807, 2.05) is 45.0 Å². The van der Waals surface area contributed by atoms with Gasteiger partial charge < -0.3 is 19.5 Å². The second-order valence-electron chi connectivity index (χ2n) is 22.5. The van der Waals surface area contributed by atoms with Crippen LogP contribution in [0.15, 0.2) is 73.1 Å². The van der Waals surface area contributed by atoms with Gasteiger partial charge in [0.05, 0.1) is 36.8 Å². The summed E-state index contributed by atoms with van der Waals surface area (Å²) >= 11 is 0. The lowest BCUT2D eigenvalue weighted by molar-refractivity contribution is 0.0990. The van der Waals surface area contributed by atoms with E-state index in [0.717, 1.165) is 78.3 Å². The molecule has 0 spiro atoms. The zero-order chi connectivity index (χ0) is 57.2. The average molecular weight is 1100 g/mol. The van der Waals surface area contributed by atoms with Gasteiger partial charge in [0, 0.05) is 47.3 Å². The molecule has 2 aromatic heterocycles. The molecule has 0 saturated carbocycles. The molecular weight excluding hydrogens is 1000 g/mol. The predicted molar refractivity (Wildman–Crippen MR) is 328 cm³/mol. The first-order valence-electron chi connectivity index (χ1n) is 31.4. The molecule has 5 aromatic rings. The number of amides is 1. The molecule has 0 aliphatic heterocycles. The fourth-order valence-electron chi connectivity index (χ4n) is 10.6. The summed E-state index contributed by atoms with van der Waals surface area (Å²) in [6.45, 7) is 14.6. The fourth-order valence-corrected chi connectivity index (χ4v) is 10.6. The van der Waals surface area contributed by atoms with Crippen LogP contribution in [0, 0.1) is 32.4 Å². The Balaban J connectivity index is 1.15. The molecule has 0 atom stereocenters. The zero-order valence-electron chi connectivity index (χ0n) is 50.2. The van der Waals surface area contributed by atoms with Gasteiger partial charge in [-0.05, 0) is 111 Å². The number of nitrogens with one attached hydrogen (secondary N) is 1. The Morgan fingerprint density at radius 1 is 0.438 bits per heavy atom. The van der Waals surface area contributed by atoms with Gasteiger partial charge in [0.1, 0.15) is 17.4 Å². The second-order valence-corrected chi connectivity index (χ2v) is 22.5. The lowest BCUT2D eigenvalue weighted by Gasteiger charge is -2.17. The molecule has 1 N–H and O–H groups in total. The number of hydrogen-bond acceptors (Lipinski definition) is 7. The molecule has 0 aliphatic rings. The smallest absolute Gasteiger partial charge is 0.257 e. The van der Waals surface area contributed by atoms with E-state index < -0.39 is 11.6 Å². The molecular formula is C70H99F2N3O5. The molecule has 80 heavy (non-hydrogen) atoms. The Morgan fingerprint density at radius 3 is 1.25 bits per heavy atom. The van der Waals surface area contributed by atoms with E-state index in [1.54, 1.807) is 24.3 Å². The Morgan fingerprint density at radius 2 is 0.825 bits per heavy atom. The van der Waals surface area contributed by atoms with Crippen LogP contribution < -0.4 is 19.5 Å². The van der Waals surface area contributed by atoms with Gasteiger partial charge in [-0.15, -0.1) is 0 Å². The van der Waals surface area contributed by atoms with Crippen LogP contribution in [-0.2, 0) is 6.42 Å². The van der Waals surface area contributed by atoms with Crippen LogP contribution in [0.4, 0.5) is 14.5 Å². The molecule has 8 nitrogen and oxygen atoms in total. The first-order chi connectivity index (χ1) is 39.0. The Kier molecular flexibility index (Phi) is 31.1. The molecule has 0 saturated heterocycles. The standard InChI is InChI=1S/C70H99F2N3O5/c1-7-10-13-16-19-22-25-28-31-34-41-78-67-48-56(44-53(4)69(67)80-43-36-33-30-27-24-21-18-15-12-9-3)47-66(76)57-37-39-64(73-51-57)60-49-61(63(72)50-62(60)71)65-40-38-58(52-74-65)70(77)75-59-45-54(5)68(55(6)46-59)79-42-35-32-29-26-23-20-17-14-11-8-2/h37-40,44-46,48-52H,7-36,41-43,47H2,1-6H3,(H,75,77). The summed E-state index contributed by atoms with van der Waals surface area (Å²) < 4.78 is 50.0. The lowest BCUT2D eigenvalue weighted by Crippen LogP contribution is -2.13. The van der Waals surface area contributed by atoms with Crippen LogP contribution in [0.25, 0.3) is 22.5 Å². The lowest BCUT2D eigenvalue weighted by atomic mass is 10.00. The number of aryl methyl sites for hydroxylation is 3. The van der Waals surface area contributed by atoms with Crippen molar-refractivity contribution in [3.05, 3.63) is 118 Å². The van der Waals surface area contributed by atoms with Gasteiger partial charge in [-0.2, -0.15) is 0 Å². The summed E-state index contributed by atoms with van der Waals surface area (Å²) in [6.07, 6.45) is 40.6. The second kappa shape index (κ2) is 38.1. The van der Waals surface area contributed by atoms with E-state index >= 15 is 8.78 Å². The fraction of sp³-hybridized carbons (Fsp3) is 0.571. The third kappa shape index (κ3) is 23.4. The van der Waals surface area contributed by atoms with Crippen molar-refractivity contribution < 1.29 is 32.6 Å². The maximum absolute atomic E-state index is 15.5. The van der Waals surface area contributed by atoms with Gasteiger partial charge in [0.2, 0.25) is 0 Å². The number of anilines is 1. The van der Waals surface area contributed by atoms with Crippen LogP contribution in [-0.4, -0.2) is 41.5 Å². The number of ether oxygens (including phenoxy) is 3. The van der Waals surface area contributed by atoms with Crippen LogP contribution in [0.1, 0.15) is 256 Å². The number of hydrogen-bond donors (Lipinski definition) is 1.